The van der Waals surface area contributed by atoms with Crippen LogP contribution >= 0.6 is 0 Å². The molecule has 0 radical (unpaired) electrons. The van der Waals surface area contributed by atoms with E-state index in [-0.39, 0.29) is 5.56 Å². The number of hydrogen-bond donors (Lipinski definition) is 3. The maximum absolute atomic E-state index is 13.8. The molecule has 176 valence electrons. The predicted molar refractivity (Wildman–Crippen MR) is 122 cm³/mol. The molecule has 1 aromatic carbocycles. The van der Waals surface area contributed by atoms with Crippen molar-refractivity contribution in [1.82, 2.24) is 20.1 Å². The number of H-pyrrole nitrogens is 1. The quantitative estimate of drug-likeness (QED) is 0.522. The minimum absolute atomic E-state index is 0.105. The molecule has 2 aromatic heterocycles. The molecule has 33 heavy (non-hydrogen) atoms. The summed E-state index contributed by atoms with van der Waals surface area (Å²) in [6.07, 6.45) is 3.25. The number of aromatic nitrogens is 3. The second kappa shape index (κ2) is 7.68. The molecule has 3 aromatic rings. The zero-order valence-electron chi connectivity index (χ0n) is 19.5. The summed E-state index contributed by atoms with van der Waals surface area (Å²) in [5.41, 5.74) is -0.296. The average Bonchev–Trinajstić information content (AvgIpc) is 3.22. The van der Waals surface area contributed by atoms with Crippen LogP contribution < -0.4 is 0 Å². The molecule has 1 aliphatic rings. The highest BCUT2D eigenvalue weighted by molar-refractivity contribution is 5.60. The highest BCUT2D eigenvalue weighted by atomic mass is 19.3. The van der Waals surface area contributed by atoms with Crippen molar-refractivity contribution in [1.29, 1.82) is 0 Å². The first kappa shape index (κ1) is 23.5. The van der Waals surface area contributed by atoms with E-state index in [0.29, 0.717) is 41.2 Å². The normalized spacial score (nSPS) is 18.6. The number of halogens is 2. The molecule has 1 saturated heterocycles. The number of benzene rings is 1. The largest absolute Gasteiger partial charge is 0.384 e. The number of alkyl halides is 2. The average molecular weight is 457 g/mol. The molecule has 1 atom stereocenters. The molecule has 6 nitrogen and oxygen atoms in total. The molecule has 1 aliphatic heterocycles. The van der Waals surface area contributed by atoms with Gasteiger partial charge in [0.25, 0.3) is 5.92 Å². The van der Waals surface area contributed by atoms with Crippen LogP contribution in [0.3, 0.4) is 0 Å². The van der Waals surface area contributed by atoms with Gasteiger partial charge in [0.15, 0.2) is 0 Å². The molecule has 0 amide bonds. The van der Waals surface area contributed by atoms with Crippen LogP contribution in [0.1, 0.15) is 50.1 Å². The first-order valence-electron chi connectivity index (χ1n) is 10.9. The Hall–Kier alpha value is -2.68. The van der Waals surface area contributed by atoms with E-state index in [1.807, 2.05) is 20.0 Å². The number of nitrogens with one attached hydrogen (secondary N) is 1. The Balaban J connectivity index is 1.81. The van der Waals surface area contributed by atoms with Crippen LogP contribution in [-0.4, -0.2) is 50.4 Å². The van der Waals surface area contributed by atoms with E-state index in [1.165, 1.54) is 12.1 Å². The second-order valence-corrected chi connectivity index (χ2v) is 10.1. The Bertz CT molecular complexity index is 1140. The third-order valence-electron chi connectivity index (χ3n) is 6.61. The highest BCUT2D eigenvalue weighted by Crippen LogP contribution is 2.50. The molecule has 0 aliphatic carbocycles. The number of likely N-dealkylation sites (tertiary alicyclic amines) is 1. The monoisotopic (exact) mass is 456 g/mol. The summed E-state index contributed by atoms with van der Waals surface area (Å²) in [6.45, 7) is 7.43. The summed E-state index contributed by atoms with van der Waals surface area (Å²) in [4.78, 5) is 6.46. The number of nitrogens with zero attached hydrogens (tertiary/aromatic N) is 3. The number of pyridine rings is 1. The number of rotatable bonds is 6. The molecular weight excluding hydrogens is 426 g/mol. The molecule has 1 fully saturated rings. The summed E-state index contributed by atoms with van der Waals surface area (Å²) in [5, 5.41) is 29.6. The lowest BCUT2D eigenvalue weighted by molar-refractivity contribution is -0.127. The molecule has 3 N–H and O–H groups in total. The lowest BCUT2D eigenvalue weighted by atomic mass is 9.62. The lowest BCUT2D eigenvalue weighted by Gasteiger charge is -2.55. The van der Waals surface area contributed by atoms with Gasteiger partial charge in [-0.05, 0) is 38.6 Å². The van der Waals surface area contributed by atoms with Crippen molar-refractivity contribution in [2.75, 3.05) is 20.1 Å². The third-order valence-corrected chi connectivity index (χ3v) is 6.61. The van der Waals surface area contributed by atoms with Crippen LogP contribution in [-0.2, 0) is 17.1 Å². The van der Waals surface area contributed by atoms with Crippen LogP contribution in [0.5, 0.6) is 0 Å². The van der Waals surface area contributed by atoms with Gasteiger partial charge in [0, 0.05) is 54.5 Å². The van der Waals surface area contributed by atoms with Crippen LogP contribution in [0.4, 0.5) is 8.78 Å². The number of aliphatic hydroxyl groups is 2. The van der Waals surface area contributed by atoms with Gasteiger partial charge in [-0.25, -0.2) is 8.78 Å². The van der Waals surface area contributed by atoms with Gasteiger partial charge in [0.2, 0.25) is 0 Å². The highest BCUT2D eigenvalue weighted by Gasteiger charge is 2.55. The lowest BCUT2D eigenvalue weighted by Crippen LogP contribution is -2.63. The smallest absolute Gasteiger partial charge is 0.270 e. The van der Waals surface area contributed by atoms with Crippen LogP contribution in [0.15, 0.2) is 48.8 Å². The summed E-state index contributed by atoms with van der Waals surface area (Å²) in [5.74, 6) is -2.96. The fourth-order valence-corrected chi connectivity index (χ4v) is 4.80. The van der Waals surface area contributed by atoms with E-state index in [4.69, 9.17) is 0 Å². The first-order valence-corrected chi connectivity index (χ1v) is 10.9. The Labute approximate surface area is 192 Å². The van der Waals surface area contributed by atoms with Crippen LogP contribution in [0, 0.1) is 5.41 Å². The molecule has 8 heteroatoms. The second-order valence-electron chi connectivity index (χ2n) is 10.1. The van der Waals surface area contributed by atoms with Crippen molar-refractivity contribution in [2.45, 2.75) is 44.8 Å². The minimum Gasteiger partial charge on any atom is -0.384 e. The van der Waals surface area contributed by atoms with Crippen molar-refractivity contribution in [3.63, 3.8) is 0 Å². The van der Waals surface area contributed by atoms with E-state index in [0.717, 1.165) is 6.92 Å². The predicted octanol–water partition coefficient (Wildman–Crippen LogP) is 4.00. The molecule has 3 heterocycles. The van der Waals surface area contributed by atoms with Crippen molar-refractivity contribution in [2.24, 2.45) is 5.41 Å². The van der Waals surface area contributed by atoms with Gasteiger partial charge in [-0.2, -0.15) is 5.10 Å². The fourth-order valence-electron chi connectivity index (χ4n) is 4.80. The SMILES string of the molecule is CN1CC(C)([C@](O)(c2ccc(C(C)(F)F)cc2)c2cncc(-c3cc(C(C)(C)O)[nH]n3)c2)C1. The van der Waals surface area contributed by atoms with E-state index in [2.05, 4.69) is 20.1 Å². The summed E-state index contributed by atoms with van der Waals surface area (Å²) >= 11 is 0. The molecule has 0 bridgehead atoms. The summed E-state index contributed by atoms with van der Waals surface area (Å²) in [7, 11) is 1.97. The zero-order chi connectivity index (χ0) is 24.2. The van der Waals surface area contributed by atoms with Crippen LogP contribution in [0.25, 0.3) is 11.3 Å². The summed E-state index contributed by atoms with van der Waals surface area (Å²) < 4.78 is 27.6. The van der Waals surface area contributed by atoms with Gasteiger partial charge in [0.1, 0.15) is 11.2 Å². The maximum Gasteiger partial charge on any atom is 0.270 e. The van der Waals surface area contributed by atoms with E-state index in [1.54, 1.807) is 44.4 Å². The van der Waals surface area contributed by atoms with Gasteiger partial charge in [0.05, 0.1) is 11.4 Å². The summed E-state index contributed by atoms with van der Waals surface area (Å²) in [6, 6.07) is 9.45. The molecule has 0 saturated carbocycles. The standard InChI is InChI=1S/C25H30F2N4O2/c1-22(2,32)21-11-20(29-30-21)16-10-19(13-28-12-16)25(33,23(3)14-31(5)15-23)18-8-6-17(7-9-18)24(4,26)27/h6-13,32-33H,14-15H2,1-5H3,(H,29,30)/t25-/m0/s1. The molecule has 0 unspecified atom stereocenters. The third kappa shape index (κ3) is 4.07. The van der Waals surface area contributed by atoms with Gasteiger partial charge >= 0.3 is 0 Å². The van der Waals surface area contributed by atoms with Crippen molar-refractivity contribution in [3.05, 3.63) is 71.2 Å². The van der Waals surface area contributed by atoms with Gasteiger partial charge < -0.3 is 15.1 Å². The van der Waals surface area contributed by atoms with E-state index >= 15 is 0 Å². The fraction of sp³-hybridized carbons (Fsp3) is 0.440. The van der Waals surface area contributed by atoms with Gasteiger partial charge in [-0.1, -0.05) is 31.2 Å². The molecule has 0 spiro atoms. The van der Waals surface area contributed by atoms with Crippen molar-refractivity contribution < 1.29 is 19.0 Å². The Morgan fingerprint density at radius 2 is 1.58 bits per heavy atom. The first-order chi connectivity index (χ1) is 15.2. The Morgan fingerprint density at radius 1 is 0.970 bits per heavy atom. The van der Waals surface area contributed by atoms with Crippen LogP contribution in [0.2, 0.25) is 0 Å². The van der Waals surface area contributed by atoms with E-state index < -0.39 is 22.5 Å². The van der Waals surface area contributed by atoms with Gasteiger partial charge in [-0.15, -0.1) is 0 Å². The zero-order valence-corrected chi connectivity index (χ0v) is 19.5. The van der Waals surface area contributed by atoms with E-state index in [9.17, 15) is 19.0 Å². The molecular formula is C25H30F2N4O2. The Kier molecular flexibility index (Phi) is 5.47. The van der Waals surface area contributed by atoms with Gasteiger partial charge in [-0.3, -0.25) is 10.1 Å². The number of hydrogen-bond acceptors (Lipinski definition) is 5. The topological polar surface area (TPSA) is 85.3 Å². The Morgan fingerprint density at radius 3 is 2.09 bits per heavy atom. The maximum atomic E-state index is 13.8. The minimum atomic E-state index is -2.96. The molecule has 4 rings (SSSR count). The van der Waals surface area contributed by atoms with Crippen molar-refractivity contribution in [3.8, 4) is 11.3 Å². The van der Waals surface area contributed by atoms with Crippen molar-refractivity contribution >= 4 is 0 Å². The number of aromatic amines is 1.